The van der Waals surface area contributed by atoms with Crippen LogP contribution in [-0.4, -0.2) is 44.9 Å². The highest BCUT2D eigenvalue weighted by Gasteiger charge is 2.34. The molecule has 2 unspecified atom stereocenters. The first-order valence-corrected chi connectivity index (χ1v) is 9.19. The lowest BCUT2D eigenvalue weighted by atomic mass is 9.72. The molecule has 1 aromatic rings. The fourth-order valence-corrected chi connectivity index (χ4v) is 3.73. The van der Waals surface area contributed by atoms with Crippen molar-refractivity contribution < 1.29 is 25.5 Å². The van der Waals surface area contributed by atoms with Gasteiger partial charge in [-0.05, 0) is 61.8 Å². The number of aromatic hydroxyl groups is 2. The van der Waals surface area contributed by atoms with Crippen LogP contribution in [0.5, 0.6) is 11.5 Å². The van der Waals surface area contributed by atoms with Crippen LogP contribution in [-0.2, 0) is 6.42 Å². The molecule has 0 saturated heterocycles. The third-order valence-electron chi connectivity index (χ3n) is 5.20. The predicted molar refractivity (Wildman–Crippen MR) is 101 cm³/mol. The van der Waals surface area contributed by atoms with Gasteiger partial charge in [-0.25, -0.2) is 0 Å². The topological polar surface area (TPSA) is 101 Å². The standard InChI is InChI=1S/C21H30O5/c1-13(2)16-11-18(24)15(12-23)10-17(16)21-19(25)8-14(9-20(21)26)6-4-3-5-7-22/h8-10,16-18,22-26H,1,3-7,11-12H2,2H3/t16-,17?,18?/m0/s1. The molecule has 2 rings (SSSR count). The Balaban J connectivity index is 2.33. The smallest absolute Gasteiger partial charge is 0.123 e. The summed E-state index contributed by atoms with van der Waals surface area (Å²) in [6.07, 6.45) is 4.62. The van der Waals surface area contributed by atoms with E-state index in [1.807, 2.05) is 6.92 Å². The van der Waals surface area contributed by atoms with Crippen LogP contribution in [0, 0.1) is 5.92 Å². The van der Waals surface area contributed by atoms with E-state index in [1.165, 1.54) is 0 Å². The van der Waals surface area contributed by atoms with Gasteiger partial charge in [0.1, 0.15) is 11.5 Å². The van der Waals surface area contributed by atoms with Crippen molar-refractivity contribution in [3.63, 3.8) is 0 Å². The largest absolute Gasteiger partial charge is 0.507 e. The summed E-state index contributed by atoms with van der Waals surface area (Å²) in [5.41, 5.74) is 2.61. The summed E-state index contributed by atoms with van der Waals surface area (Å²) in [7, 11) is 0. The number of aryl methyl sites for hydroxylation is 1. The average Bonchev–Trinajstić information content (AvgIpc) is 2.58. The molecule has 1 aromatic carbocycles. The van der Waals surface area contributed by atoms with E-state index in [4.69, 9.17) is 5.11 Å². The number of aliphatic hydroxyl groups is 3. The van der Waals surface area contributed by atoms with Crippen molar-refractivity contribution in [1.29, 1.82) is 0 Å². The van der Waals surface area contributed by atoms with Crippen LogP contribution in [0.25, 0.3) is 0 Å². The SMILES string of the molecule is C=C(C)[C@@H]1CC(O)C(CO)=CC1c1c(O)cc(CCCCCO)cc1O. The first kappa shape index (κ1) is 20.5. The number of rotatable bonds is 8. The van der Waals surface area contributed by atoms with E-state index in [1.54, 1.807) is 18.2 Å². The van der Waals surface area contributed by atoms with Gasteiger partial charge in [0.05, 0.1) is 12.7 Å². The molecule has 1 aliphatic carbocycles. The molecule has 144 valence electrons. The Morgan fingerprint density at radius 2 is 1.77 bits per heavy atom. The fourth-order valence-electron chi connectivity index (χ4n) is 3.73. The Morgan fingerprint density at radius 3 is 2.31 bits per heavy atom. The minimum atomic E-state index is -0.743. The van der Waals surface area contributed by atoms with Crippen molar-refractivity contribution in [1.82, 2.24) is 0 Å². The summed E-state index contributed by atoms with van der Waals surface area (Å²) in [5.74, 6) is -0.444. The number of allylic oxidation sites excluding steroid dienone is 2. The molecule has 0 spiro atoms. The monoisotopic (exact) mass is 362 g/mol. The first-order chi connectivity index (χ1) is 12.4. The fraction of sp³-hybridized carbons (Fsp3) is 0.524. The van der Waals surface area contributed by atoms with Gasteiger partial charge >= 0.3 is 0 Å². The Hall–Kier alpha value is -1.82. The average molecular weight is 362 g/mol. The Morgan fingerprint density at radius 1 is 1.12 bits per heavy atom. The summed E-state index contributed by atoms with van der Waals surface area (Å²) >= 11 is 0. The van der Waals surface area contributed by atoms with Gasteiger partial charge in [0, 0.05) is 18.1 Å². The molecule has 0 heterocycles. The lowest BCUT2D eigenvalue weighted by molar-refractivity contribution is 0.149. The Labute approximate surface area is 154 Å². The van der Waals surface area contributed by atoms with Crippen molar-refractivity contribution in [2.45, 2.75) is 51.0 Å². The van der Waals surface area contributed by atoms with Gasteiger partial charge in [0.25, 0.3) is 0 Å². The van der Waals surface area contributed by atoms with Gasteiger partial charge in [-0.3, -0.25) is 0 Å². The number of benzene rings is 1. The van der Waals surface area contributed by atoms with E-state index >= 15 is 0 Å². The Bertz CT molecular complexity index is 641. The summed E-state index contributed by atoms with van der Waals surface area (Å²) in [5, 5.41) is 49.6. The zero-order valence-corrected chi connectivity index (χ0v) is 15.4. The highest BCUT2D eigenvalue weighted by atomic mass is 16.3. The molecule has 1 aliphatic rings. The minimum Gasteiger partial charge on any atom is -0.507 e. The van der Waals surface area contributed by atoms with Crippen molar-refractivity contribution in [3.05, 3.63) is 47.1 Å². The van der Waals surface area contributed by atoms with Crippen LogP contribution in [0.1, 0.15) is 49.7 Å². The summed E-state index contributed by atoms with van der Waals surface area (Å²) in [6.45, 7) is 5.77. The van der Waals surface area contributed by atoms with Gasteiger partial charge in [-0.1, -0.05) is 24.6 Å². The summed E-state index contributed by atoms with van der Waals surface area (Å²) in [4.78, 5) is 0. The molecular formula is C21H30O5. The second kappa shape index (κ2) is 9.21. The molecule has 26 heavy (non-hydrogen) atoms. The van der Waals surface area contributed by atoms with E-state index < -0.39 is 6.10 Å². The van der Waals surface area contributed by atoms with Crippen LogP contribution < -0.4 is 0 Å². The quantitative estimate of drug-likeness (QED) is 0.362. The third kappa shape index (κ3) is 4.67. The maximum Gasteiger partial charge on any atom is 0.123 e. The zero-order valence-electron chi connectivity index (χ0n) is 15.4. The van der Waals surface area contributed by atoms with Crippen molar-refractivity contribution in [3.8, 4) is 11.5 Å². The molecule has 5 heteroatoms. The van der Waals surface area contributed by atoms with Crippen LogP contribution in [0.4, 0.5) is 0 Å². The lowest BCUT2D eigenvalue weighted by Gasteiger charge is -2.34. The van der Waals surface area contributed by atoms with E-state index in [0.717, 1.165) is 30.4 Å². The number of hydrogen-bond acceptors (Lipinski definition) is 5. The van der Waals surface area contributed by atoms with Gasteiger partial charge in [0.15, 0.2) is 0 Å². The molecule has 0 aromatic heterocycles. The number of hydrogen-bond donors (Lipinski definition) is 5. The van der Waals surface area contributed by atoms with E-state index in [2.05, 4.69) is 6.58 Å². The summed E-state index contributed by atoms with van der Waals surface area (Å²) in [6, 6.07) is 3.34. The molecule has 0 fully saturated rings. The van der Waals surface area contributed by atoms with Crippen LogP contribution >= 0.6 is 0 Å². The maximum atomic E-state index is 10.6. The highest BCUT2D eigenvalue weighted by molar-refractivity contribution is 5.52. The van der Waals surface area contributed by atoms with Crippen molar-refractivity contribution >= 4 is 0 Å². The number of unbranched alkanes of at least 4 members (excludes halogenated alkanes) is 2. The summed E-state index contributed by atoms with van der Waals surface area (Å²) < 4.78 is 0. The van der Waals surface area contributed by atoms with Crippen LogP contribution in [0.2, 0.25) is 0 Å². The third-order valence-corrected chi connectivity index (χ3v) is 5.20. The molecule has 0 saturated carbocycles. The normalized spacial score (nSPS) is 22.9. The van der Waals surface area contributed by atoms with E-state index in [0.29, 0.717) is 24.0 Å². The minimum absolute atomic E-state index is 0.0170. The second-order valence-electron chi connectivity index (χ2n) is 7.21. The number of phenols is 2. The number of phenolic OH excluding ortho intramolecular Hbond substituents is 2. The zero-order chi connectivity index (χ0) is 19.3. The molecule has 0 aliphatic heterocycles. The predicted octanol–water partition coefficient (Wildman–Crippen LogP) is 2.76. The molecule has 3 atom stereocenters. The molecule has 0 radical (unpaired) electrons. The number of aliphatic hydroxyl groups excluding tert-OH is 3. The van der Waals surface area contributed by atoms with Crippen LogP contribution in [0.15, 0.2) is 35.9 Å². The highest BCUT2D eigenvalue weighted by Crippen LogP contribution is 2.46. The Kier molecular flexibility index (Phi) is 7.26. The van der Waals surface area contributed by atoms with Gasteiger partial charge in [0.2, 0.25) is 0 Å². The van der Waals surface area contributed by atoms with Gasteiger partial charge < -0.3 is 25.5 Å². The molecule has 0 amide bonds. The lowest BCUT2D eigenvalue weighted by Crippen LogP contribution is -2.28. The van der Waals surface area contributed by atoms with Crippen LogP contribution in [0.3, 0.4) is 0 Å². The molecular weight excluding hydrogens is 332 g/mol. The van der Waals surface area contributed by atoms with Crippen molar-refractivity contribution in [2.75, 3.05) is 13.2 Å². The molecule has 5 nitrogen and oxygen atoms in total. The molecule has 0 bridgehead atoms. The second-order valence-corrected chi connectivity index (χ2v) is 7.21. The van der Waals surface area contributed by atoms with Gasteiger partial charge in [-0.2, -0.15) is 0 Å². The maximum absolute atomic E-state index is 10.6. The van der Waals surface area contributed by atoms with E-state index in [9.17, 15) is 20.4 Å². The molecule has 5 N–H and O–H groups in total. The van der Waals surface area contributed by atoms with Crippen molar-refractivity contribution in [2.24, 2.45) is 5.92 Å². The van der Waals surface area contributed by atoms with Gasteiger partial charge in [-0.15, -0.1) is 0 Å². The van der Waals surface area contributed by atoms with E-state index in [-0.39, 0.29) is 36.5 Å². The first-order valence-electron chi connectivity index (χ1n) is 9.19.